The third kappa shape index (κ3) is 4.35. The number of benzene rings is 2. The van der Waals surface area contributed by atoms with Crippen molar-refractivity contribution in [3.05, 3.63) is 52.6 Å². The lowest BCUT2D eigenvalue weighted by atomic mass is 9.90. The van der Waals surface area contributed by atoms with Gasteiger partial charge in [0, 0.05) is 12.2 Å². The molecule has 2 amide bonds. The lowest BCUT2D eigenvalue weighted by Gasteiger charge is -2.37. The normalized spacial score (nSPS) is 15.2. The summed E-state index contributed by atoms with van der Waals surface area (Å²) in [6.45, 7) is 4.50. The topological polar surface area (TPSA) is 77.1 Å². The van der Waals surface area contributed by atoms with Gasteiger partial charge in [-0.1, -0.05) is 6.07 Å². The van der Waals surface area contributed by atoms with E-state index in [0.29, 0.717) is 24.5 Å². The van der Waals surface area contributed by atoms with Gasteiger partial charge in [0.15, 0.2) is 11.5 Å². The number of amides is 2. The minimum absolute atomic E-state index is 0.0549. The van der Waals surface area contributed by atoms with Gasteiger partial charge in [0.05, 0.1) is 33.8 Å². The maximum Gasteiger partial charge on any atom is 0.322 e. The number of anilines is 1. The number of rotatable bonds is 5. The molecule has 0 fully saturated rings. The van der Waals surface area contributed by atoms with E-state index in [2.05, 4.69) is 5.32 Å². The summed E-state index contributed by atoms with van der Waals surface area (Å²) in [6.07, 6.45) is 0.701. The summed E-state index contributed by atoms with van der Waals surface area (Å²) in [5.74, 6) is 0.801. The quantitative estimate of drug-likeness (QED) is 0.751. The van der Waals surface area contributed by atoms with Crippen LogP contribution in [0.1, 0.15) is 34.7 Å². The van der Waals surface area contributed by atoms with Gasteiger partial charge >= 0.3 is 12.0 Å². The summed E-state index contributed by atoms with van der Waals surface area (Å²) in [5, 5.41) is 2.96. The van der Waals surface area contributed by atoms with Crippen LogP contribution in [0.2, 0.25) is 0 Å². The Morgan fingerprint density at radius 3 is 2.37 bits per heavy atom. The molecule has 1 aliphatic rings. The number of urea groups is 1. The van der Waals surface area contributed by atoms with Crippen molar-refractivity contribution in [1.82, 2.24) is 4.90 Å². The van der Waals surface area contributed by atoms with E-state index in [1.165, 1.54) is 7.11 Å². The molecule has 30 heavy (non-hydrogen) atoms. The SMILES string of the molecule is COC(=O)C[C@@H]1c2cc(OC)c(OC)cc2CCN1C(=O)Nc1ccc(C)c(C)c1. The number of nitrogens with one attached hydrogen (secondary N) is 1. The van der Waals surface area contributed by atoms with E-state index in [1.54, 1.807) is 19.1 Å². The van der Waals surface area contributed by atoms with Gasteiger partial charge in [-0.3, -0.25) is 4.79 Å². The Kier molecular flexibility index (Phi) is 6.50. The van der Waals surface area contributed by atoms with Gasteiger partial charge in [-0.2, -0.15) is 0 Å². The molecular formula is C23H28N2O5. The molecule has 160 valence electrons. The minimum Gasteiger partial charge on any atom is -0.493 e. The van der Waals surface area contributed by atoms with Crippen LogP contribution in [0.3, 0.4) is 0 Å². The average Bonchev–Trinajstić information content (AvgIpc) is 2.75. The Balaban J connectivity index is 1.94. The lowest BCUT2D eigenvalue weighted by molar-refractivity contribution is -0.141. The molecule has 0 saturated heterocycles. The van der Waals surface area contributed by atoms with Crippen molar-refractivity contribution in [3.63, 3.8) is 0 Å². The number of nitrogens with zero attached hydrogens (tertiary/aromatic N) is 1. The van der Waals surface area contributed by atoms with Crippen molar-refractivity contribution in [2.24, 2.45) is 0 Å². The van der Waals surface area contributed by atoms with Crippen LogP contribution >= 0.6 is 0 Å². The molecule has 2 aromatic carbocycles. The molecule has 1 aliphatic heterocycles. The fourth-order valence-corrected chi connectivity index (χ4v) is 3.75. The number of methoxy groups -OCH3 is 3. The molecule has 1 atom stereocenters. The van der Waals surface area contributed by atoms with Crippen LogP contribution in [-0.2, 0) is 16.0 Å². The smallest absolute Gasteiger partial charge is 0.322 e. The number of hydrogen-bond acceptors (Lipinski definition) is 5. The lowest BCUT2D eigenvalue weighted by Crippen LogP contribution is -2.43. The predicted molar refractivity (Wildman–Crippen MR) is 114 cm³/mol. The maximum atomic E-state index is 13.1. The van der Waals surface area contributed by atoms with E-state index in [1.807, 2.05) is 44.2 Å². The van der Waals surface area contributed by atoms with E-state index in [0.717, 1.165) is 27.9 Å². The second-order valence-corrected chi connectivity index (χ2v) is 7.37. The molecule has 1 N–H and O–H groups in total. The number of ether oxygens (including phenoxy) is 3. The van der Waals surface area contributed by atoms with Crippen LogP contribution in [0.4, 0.5) is 10.5 Å². The van der Waals surface area contributed by atoms with E-state index in [4.69, 9.17) is 14.2 Å². The van der Waals surface area contributed by atoms with Crippen LogP contribution in [-0.4, -0.2) is 44.8 Å². The highest BCUT2D eigenvalue weighted by atomic mass is 16.5. The van der Waals surface area contributed by atoms with Gasteiger partial charge in [0.1, 0.15) is 0 Å². The molecule has 1 heterocycles. The Hall–Kier alpha value is -3.22. The number of esters is 1. The molecule has 0 bridgehead atoms. The molecule has 0 saturated carbocycles. The van der Waals surface area contributed by atoms with Crippen molar-refractivity contribution in [2.75, 3.05) is 33.2 Å². The number of carbonyl (C=O) groups excluding carboxylic acids is 2. The molecule has 7 nitrogen and oxygen atoms in total. The molecule has 0 aromatic heterocycles. The summed E-state index contributed by atoms with van der Waals surface area (Å²) in [7, 11) is 4.50. The van der Waals surface area contributed by atoms with Crippen molar-refractivity contribution < 1.29 is 23.8 Å². The Bertz CT molecular complexity index is 957. The molecule has 7 heteroatoms. The van der Waals surface area contributed by atoms with Crippen LogP contribution < -0.4 is 14.8 Å². The minimum atomic E-state index is -0.465. The molecule has 3 rings (SSSR count). The summed E-state index contributed by atoms with van der Waals surface area (Å²) < 4.78 is 15.7. The van der Waals surface area contributed by atoms with Gasteiger partial charge in [0.25, 0.3) is 0 Å². The molecule has 0 unspecified atom stereocenters. The second-order valence-electron chi connectivity index (χ2n) is 7.37. The van der Waals surface area contributed by atoms with Gasteiger partial charge in [0.2, 0.25) is 0 Å². The third-order valence-electron chi connectivity index (χ3n) is 5.61. The Labute approximate surface area is 176 Å². The first-order chi connectivity index (χ1) is 14.4. The fraction of sp³-hybridized carbons (Fsp3) is 0.391. The van der Waals surface area contributed by atoms with Crippen LogP contribution in [0.25, 0.3) is 0 Å². The molecule has 0 radical (unpaired) electrons. The first kappa shape index (κ1) is 21.5. The number of carbonyl (C=O) groups is 2. The zero-order valence-corrected chi connectivity index (χ0v) is 18.1. The average molecular weight is 412 g/mol. The van der Waals surface area contributed by atoms with E-state index in [9.17, 15) is 9.59 Å². The molecule has 2 aromatic rings. The highest BCUT2D eigenvalue weighted by molar-refractivity contribution is 5.90. The zero-order valence-electron chi connectivity index (χ0n) is 18.1. The monoisotopic (exact) mass is 412 g/mol. The number of fused-ring (bicyclic) bond motifs is 1. The maximum absolute atomic E-state index is 13.1. The van der Waals surface area contributed by atoms with E-state index in [-0.39, 0.29) is 18.4 Å². The fourth-order valence-electron chi connectivity index (χ4n) is 3.75. The second kappa shape index (κ2) is 9.07. The highest BCUT2D eigenvalue weighted by Gasteiger charge is 2.34. The molecule has 0 aliphatic carbocycles. The zero-order chi connectivity index (χ0) is 21.8. The summed E-state index contributed by atoms with van der Waals surface area (Å²) in [6, 6.07) is 8.82. The standard InChI is InChI=1S/C23H28N2O5/c1-14-6-7-17(10-15(14)2)24-23(27)25-9-8-16-11-20(28-3)21(29-4)12-18(16)19(25)13-22(26)30-5/h6-7,10-12,19H,8-9,13H2,1-5H3,(H,24,27)/t19-/m1/s1. The van der Waals surface area contributed by atoms with Crippen molar-refractivity contribution in [2.45, 2.75) is 32.7 Å². The van der Waals surface area contributed by atoms with Crippen LogP contribution in [0, 0.1) is 13.8 Å². The third-order valence-corrected chi connectivity index (χ3v) is 5.61. The number of aryl methyl sites for hydroxylation is 2. The van der Waals surface area contributed by atoms with Crippen LogP contribution in [0.5, 0.6) is 11.5 Å². The van der Waals surface area contributed by atoms with Crippen LogP contribution in [0.15, 0.2) is 30.3 Å². The van der Waals surface area contributed by atoms with E-state index >= 15 is 0 Å². The Morgan fingerprint density at radius 2 is 1.73 bits per heavy atom. The van der Waals surface area contributed by atoms with E-state index < -0.39 is 6.04 Å². The highest BCUT2D eigenvalue weighted by Crippen LogP contribution is 2.39. The largest absolute Gasteiger partial charge is 0.493 e. The first-order valence-corrected chi connectivity index (χ1v) is 9.84. The summed E-state index contributed by atoms with van der Waals surface area (Å²) in [5.41, 5.74) is 4.86. The van der Waals surface area contributed by atoms with Gasteiger partial charge in [-0.15, -0.1) is 0 Å². The summed E-state index contributed by atoms with van der Waals surface area (Å²) in [4.78, 5) is 27.0. The van der Waals surface area contributed by atoms with Crippen molar-refractivity contribution in [3.8, 4) is 11.5 Å². The molecular weight excluding hydrogens is 384 g/mol. The number of hydrogen-bond donors (Lipinski definition) is 1. The Morgan fingerprint density at radius 1 is 1.03 bits per heavy atom. The van der Waals surface area contributed by atoms with Gasteiger partial charge < -0.3 is 24.4 Å². The summed E-state index contributed by atoms with van der Waals surface area (Å²) >= 11 is 0. The van der Waals surface area contributed by atoms with Gasteiger partial charge in [-0.05, 0) is 66.8 Å². The van der Waals surface area contributed by atoms with Gasteiger partial charge in [-0.25, -0.2) is 4.79 Å². The first-order valence-electron chi connectivity index (χ1n) is 9.84. The van der Waals surface area contributed by atoms with Crippen molar-refractivity contribution in [1.29, 1.82) is 0 Å². The molecule has 0 spiro atoms. The van der Waals surface area contributed by atoms with Crippen molar-refractivity contribution >= 4 is 17.7 Å². The predicted octanol–water partition coefficient (Wildman–Crippen LogP) is 4.02.